The molecular formula is C8H13N3O4. The number of methoxy groups -OCH3 is 1. The van der Waals surface area contributed by atoms with Gasteiger partial charge >= 0.3 is 11.7 Å². The summed E-state index contributed by atoms with van der Waals surface area (Å²) in [7, 11) is 1.53. The van der Waals surface area contributed by atoms with Gasteiger partial charge in [-0.15, -0.1) is 0 Å². The number of aromatic nitrogens is 2. The maximum absolute atomic E-state index is 11.3. The second kappa shape index (κ2) is 4.65. The number of ether oxygens (including phenoxy) is 1. The van der Waals surface area contributed by atoms with Gasteiger partial charge in [0.1, 0.15) is 5.82 Å². The minimum absolute atomic E-state index is 0.120. The first-order valence-electron chi connectivity index (χ1n) is 4.38. The van der Waals surface area contributed by atoms with Gasteiger partial charge < -0.3 is 15.6 Å². The van der Waals surface area contributed by atoms with Crippen LogP contribution in [-0.2, 0) is 11.3 Å². The molecule has 0 aliphatic carbocycles. The Hall–Kier alpha value is -1.76. The molecule has 0 unspecified atom stereocenters. The molecule has 1 aromatic rings. The van der Waals surface area contributed by atoms with Crippen LogP contribution in [0.3, 0.4) is 0 Å². The van der Waals surface area contributed by atoms with Gasteiger partial charge in [0.25, 0.3) is 0 Å². The van der Waals surface area contributed by atoms with E-state index < -0.39 is 11.7 Å². The number of carbonyl (C=O) groups is 1. The first-order valence-corrected chi connectivity index (χ1v) is 4.38. The van der Waals surface area contributed by atoms with E-state index in [0.29, 0.717) is 13.0 Å². The Balaban J connectivity index is 2.94. The lowest BCUT2D eigenvalue weighted by molar-refractivity contribution is 0.0685. The molecule has 7 heteroatoms. The number of nitrogens with zero attached hydrogens (tertiary/aromatic N) is 1. The van der Waals surface area contributed by atoms with Crippen molar-refractivity contribution in [2.24, 2.45) is 0 Å². The zero-order valence-electron chi connectivity index (χ0n) is 8.32. The Morgan fingerprint density at radius 2 is 2.33 bits per heavy atom. The summed E-state index contributed by atoms with van der Waals surface area (Å²) in [5.41, 5.74) is 4.65. The highest BCUT2D eigenvalue weighted by Gasteiger charge is 2.17. The largest absolute Gasteiger partial charge is 0.476 e. The molecule has 0 saturated heterocycles. The number of nitrogen functional groups attached to an aromatic ring is 1. The molecule has 0 aliphatic rings. The van der Waals surface area contributed by atoms with Crippen molar-refractivity contribution < 1.29 is 14.6 Å². The Bertz CT molecular complexity index is 407. The number of nitrogens with one attached hydrogen (secondary N) is 1. The first kappa shape index (κ1) is 11.3. The fourth-order valence-electron chi connectivity index (χ4n) is 1.30. The van der Waals surface area contributed by atoms with Gasteiger partial charge in [-0.1, -0.05) is 0 Å². The number of rotatable bonds is 5. The van der Waals surface area contributed by atoms with Crippen LogP contribution in [0.25, 0.3) is 0 Å². The Kier molecular flexibility index (Phi) is 3.51. The van der Waals surface area contributed by atoms with Crippen molar-refractivity contribution in [1.82, 2.24) is 9.55 Å². The van der Waals surface area contributed by atoms with Gasteiger partial charge in [-0.05, 0) is 6.42 Å². The molecule has 0 saturated carbocycles. The molecule has 4 N–H and O–H groups in total. The molecule has 0 aliphatic heterocycles. The Morgan fingerprint density at radius 3 is 2.87 bits per heavy atom. The first-order chi connectivity index (χ1) is 7.07. The Labute approximate surface area is 85.5 Å². The number of nitrogens with two attached hydrogens (primary N) is 1. The van der Waals surface area contributed by atoms with E-state index in [9.17, 15) is 9.59 Å². The minimum atomic E-state index is -1.22. The lowest BCUT2D eigenvalue weighted by Crippen LogP contribution is -2.21. The van der Waals surface area contributed by atoms with Crippen molar-refractivity contribution in [2.45, 2.75) is 13.0 Å². The fourth-order valence-corrected chi connectivity index (χ4v) is 1.30. The summed E-state index contributed by atoms with van der Waals surface area (Å²) in [5, 5.41) is 8.83. The third kappa shape index (κ3) is 2.38. The van der Waals surface area contributed by atoms with Gasteiger partial charge in [0.05, 0.1) is 0 Å². The van der Waals surface area contributed by atoms with Crippen LogP contribution in [0, 0.1) is 0 Å². The number of carboxylic acids is 1. The standard InChI is InChI=1S/C8H13N3O4/c1-15-4-2-3-11-5(7(12)13)6(9)10-8(11)14/h2-4,9H2,1H3,(H,10,14)(H,12,13). The summed E-state index contributed by atoms with van der Waals surface area (Å²) in [5.74, 6) is -1.34. The highest BCUT2D eigenvalue weighted by Crippen LogP contribution is 2.06. The Morgan fingerprint density at radius 1 is 1.67 bits per heavy atom. The van der Waals surface area contributed by atoms with E-state index in [-0.39, 0.29) is 18.1 Å². The van der Waals surface area contributed by atoms with E-state index in [0.717, 1.165) is 4.57 Å². The molecule has 0 aromatic carbocycles. The number of aromatic amines is 1. The summed E-state index contributed by atoms with van der Waals surface area (Å²) in [6.45, 7) is 0.721. The number of hydrogen-bond donors (Lipinski definition) is 3. The zero-order chi connectivity index (χ0) is 11.4. The number of imidazole rings is 1. The van der Waals surface area contributed by atoms with Crippen LogP contribution in [-0.4, -0.2) is 34.3 Å². The molecule has 0 atom stereocenters. The van der Waals surface area contributed by atoms with Crippen molar-refractivity contribution in [2.75, 3.05) is 19.5 Å². The highest BCUT2D eigenvalue weighted by molar-refractivity contribution is 5.90. The predicted octanol–water partition coefficient (Wildman–Crippen LogP) is -0.507. The van der Waals surface area contributed by atoms with Crippen LogP contribution < -0.4 is 11.4 Å². The maximum atomic E-state index is 11.3. The third-order valence-electron chi connectivity index (χ3n) is 1.94. The SMILES string of the molecule is COCCCn1c(C(=O)O)c(N)[nH]c1=O. The number of aromatic carboxylic acids is 1. The third-order valence-corrected chi connectivity index (χ3v) is 1.94. The van der Waals surface area contributed by atoms with Gasteiger partial charge in [-0.3, -0.25) is 9.55 Å². The smallest absolute Gasteiger partial charge is 0.356 e. The number of carboxylic acid groups (broad SMARTS) is 1. The van der Waals surface area contributed by atoms with E-state index in [1.807, 2.05) is 0 Å². The van der Waals surface area contributed by atoms with Gasteiger partial charge in [0.15, 0.2) is 5.69 Å². The van der Waals surface area contributed by atoms with Crippen molar-refractivity contribution in [3.8, 4) is 0 Å². The average Bonchev–Trinajstić information content (AvgIpc) is 2.42. The summed E-state index contributed by atoms with van der Waals surface area (Å²) in [6.07, 6.45) is 0.550. The van der Waals surface area contributed by atoms with Crippen molar-refractivity contribution >= 4 is 11.8 Å². The van der Waals surface area contributed by atoms with Gasteiger partial charge in [0.2, 0.25) is 0 Å². The van der Waals surface area contributed by atoms with Crippen LogP contribution in [0.5, 0.6) is 0 Å². The molecule has 7 nitrogen and oxygen atoms in total. The van der Waals surface area contributed by atoms with Crippen LogP contribution in [0.15, 0.2) is 4.79 Å². The molecule has 0 fully saturated rings. The molecule has 1 rings (SSSR count). The fraction of sp³-hybridized carbons (Fsp3) is 0.500. The number of hydrogen-bond acceptors (Lipinski definition) is 4. The lowest BCUT2D eigenvalue weighted by Gasteiger charge is -2.03. The van der Waals surface area contributed by atoms with E-state index >= 15 is 0 Å². The second-order valence-electron chi connectivity index (χ2n) is 3.00. The van der Waals surface area contributed by atoms with Crippen LogP contribution in [0.4, 0.5) is 5.82 Å². The molecule has 0 radical (unpaired) electrons. The van der Waals surface area contributed by atoms with Gasteiger partial charge in [-0.2, -0.15) is 0 Å². The summed E-state index contributed by atoms with van der Waals surface area (Å²) in [6, 6.07) is 0. The summed E-state index contributed by atoms with van der Waals surface area (Å²) < 4.78 is 5.90. The molecule has 1 aromatic heterocycles. The number of anilines is 1. The maximum Gasteiger partial charge on any atom is 0.356 e. The van der Waals surface area contributed by atoms with Crippen LogP contribution >= 0.6 is 0 Å². The molecule has 0 spiro atoms. The van der Waals surface area contributed by atoms with E-state index in [1.54, 1.807) is 0 Å². The molecule has 0 amide bonds. The van der Waals surface area contributed by atoms with Crippen molar-refractivity contribution in [3.63, 3.8) is 0 Å². The highest BCUT2D eigenvalue weighted by atomic mass is 16.5. The quantitative estimate of drug-likeness (QED) is 0.573. The number of H-pyrrole nitrogens is 1. The van der Waals surface area contributed by atoms with E-state index in [4.69, 9.17) is 15.6 Å². The second-order valence-corrected chi connectivity index (χ2v) is 3.00. The molecule has 0 bridgehead atoms. The lowest BCUT2D eigenvalue weighted by atomic mass is 10.4. The van der Waals surface area contributed by atoms with Gasteiger partial charge in [0, 0.05) is 20.3 Å². The van der Waals surface area contributed by atoms with Crippen LogP contribution in [0.1, 0.15) is 16.9 Å². The van der Waals surface area contributed by atoms with Crippen LogP contribution in [0.2, 0.25) is 0 Å². The summed E-state index contributed by atoms with van der Waals surface area (Å²) in [4.78, 5) is 24.3. The predicted molar refractivity (Wildman–Crippen MR) is 52.9 cm³/mol. The molecule has 84 valence electrons. The topological polar surface area (TPSA) is 110 Å². The van der Waals surface area contributed by atoms with E-state index in [1.165, 1.54) is 7.11 Å². The zero-order valence-corrected chi connectivity index (χ0v) is 8.32. The molecule has 15 heavy (non-hydrogen) atoms. The molecule has 1 heterocycles. The molecular weight excluding hydrogens is 202 g/mol. The van der Waals surface area contributed by atoms with E-state index in [2.05, 4.69) is 4.98 Å². The summed E-state index contributed by atoms with van der Waals surface area (Å²) >= 11 is 0. The normalized spacial score (nSPS) is 10.5. The minimum Gasteiger partial charge on any atom is -0.476 e. The van der Waals surface area contributed by atoms with Crippen molar-refractivity contribution in [3.05, 3.63) is 16.2 Å². The monoisotopic (exact) mass is 215 g/mol. The van der Waals surface area contributed by atoms with Gasteiger partial charge in [-0.25, -0.2) is 9.59 Å². The van der Waals surface area contributed by atoms with Crippen molar-refractivity contribution in [1.29, 1.82) is 0 Å². The average molecular weight is 215 g/mol.